The Labute approximate surface area is 280 Å². The highest BCUT2D eigenvalue weighted by Crippen LogP contribution is 2.30. The molecule has 0 spiro atoms. The lowest BCUT2D eigenvalue weighted by Crippen LogP contribution is -2.51. The zero-order valence-electron chi connectivity index (χ0n) is 25.6. The molecule has 0 unspecified atom stereocenters. The summed E-state index contributed by atoms with van der Waals surface area (Å²) in [5.41, 5.74) is 3.37. The number of ether oxygens (including phenoxy) is 1. The third-order valence-corrected chi connectivity index (χ3v) is 10.5. The molecule has 2 atom stereocenters. The maximum atomic E-state index is 14.1. The highest BCUT2D eigenvalue weighted by molar-refractivity contribution is 7.89. The normalized spacial score (nSPS) is 13.0. The van der Waals surface area contributed by atoms with E-state index < -0.39 is 28.3 Å². The molecule has 0 aliphatic rings. The van der Waals surface area contributed by atoms with Gasteiger partial charge in [-0.05, 0) is 48.2 Å². The van der Waals surface area contributed by atoms with Gasteiger partial charge in [-0.15, -0.1) is 11.3 Å². The summed E-state index contributed by atoms with van der Waals surface area (Å²) in [5, 5.41) is 17.3. The second kappa shape index (κ2) is 15.5. The van der Waals surface area contributed by atoms with Gasteiger partial charge in [0.05, 0.1) is 43.2 Å². The van der Waals surface area contributed by atoms with Crippen molar-refractivity contribution in [3.63, 3.8) is 0 Å². The summed E-state index contributed by atoms with van der Waals surface area (Å²) >= 11 is 2.49. The average Bonchev–Trinajstić information content (AvgIpc) is 3.73. The van der Waals surface area contributed by atoms with Crippen LogP contribution in [0.25, 0.3) is 10.2 Å². The van der Waals surface area contributed by atoms with Crippen molar-refractivity contribution < 1.29 is 27.9 Å². The van der Waals surface area contributed by atoms with E-state index >= 15 is 0 Å². The number of nitrogens with one attached hydrogen (secondary N) is 2. The molecule has 5 rings (SSSR count). The minimum atomic E-state index is -4.11. The number of benzene rings is 2. The number of pyridine rings is 1. The number of rotatable bonds is 14. The molecule has 15 heteroatoms. The molecule has 3 aromatic heterocycles. The molecule has 3 heterocycles. The molecule has 0 fully saturated rings. The fraction of sp³-hybridized carbons (Fsp3) is 0.281. The number of carbonyl (C=O) groups is 2. The van der Waals surface area contributed by atoms with E-state index in [1.165, 1.54) is 34.0 Å². The van der Waals surface area contributed by atoms with Gasteiger partial charge in [0.2, 0.25) is 10.0 Å². The Balaban J connectivity index is 1.34. The van der Waals surface area contributed by atoms with Crippen molar-refractivity contribution in [3.8, 4) is 0 Å². The standard InChI is InChI=1S/C32H34N6O6S3/c1-21(2)17-38(18-28(39)27(13-22-7-4-3-5-8-22)36-32(41)44-19-24-16-34-20-45-24)47(42,43)25-10-11-26-29(14-25)46-31(35-26)37-30(40)23-9-6-12-33-15-23/h3-12,14-16,20-21,27-28,39H,13,17-19H2,1-2H3,(H,36,41)(H,35,37,40)/t27-,28+/m0/s1. The Morgan fingerprint density at radius 1 is 1.02 bits per heavy atom. The van der Waals surface area contributed by atoms with Crippen molar-refractivity contribution in [2.75, 3.05) is 18.4 Å². The Morgan fingerprint density at radius 2 is 1.83 bits per heavy atom. The van der Waals surface area contributed by atoms with Gasteiger partial charge in [-0.2, -0.15) is 4.31 Å². The Bertz CT molecular complexity index is 1890. The quantitative estimate of drug-likeness (QED) is 0.146. The second-order valence-electron chi connectivity index (χ2n) is 11.1. The maximum absolute atomic E-state index is 14.1. The summed E-state index contributed by atoms with van der Waals surface area (Å²) in [7, 11) is -4.11. The van der Waals surface area contributed by atoms with Gasteiger partial charge in [-0.25, -0.2) is 18.2 Å². The number of hydrogen-bond acceptors (Lipinski definition) is 11. The number of alkyl carbamates (subject to hydrolysis) is 1. The first-order chi connectivity index (χ1) is 22.6. The molecule has 2 amide bonds. The molecular weight excluding hydrogens is 661 g/mol. The van der Waals surface area contributed by atoms with E-state index in [1.807, 2.05) is 44.2 Å². The third kappa shape index (κ3) is 9.17. The first-order valence-electron chi connectivity index (χ1n) is 14.7. The molecular formula is C32H34N6O6S3. The number of fused-ring (bicyclic) bond motifs is 1. The summed E-state index contributed by atoms with van der Waals surface area (Å²) in [6.07, 6.45) is 2.84. The highest BCUT2D eigenvalue weighted by Gasteiger charge is 2.32. The molecule has 47 heavy (non-hydrogen) atoms. The van der Waals surface area contributed by atoms with Gasteiger partial charge < -0.3 is 15.2 Å². The zero-order valence-corrected chi connectivity index (χ0v) is 28.1. The summed E-state index contributed by atoms with van der Waals surface area (Å²) in [4.78, 5) is 38.5. The molecule has 0 aliphatic heterocycles. The van der Waals surface area contributed by atoms with Crippen molar-refractivity contribution in [3.05, 3.63) is 101 Å². The number of thiazole rings is 2. The molecule has 12 nitrogen and oxygen atoms in total. The van der Waals surface area contributed by atoms with Crippen molar-refractivity contribution in [1.82, 2.24) is 24.6 Å². The average molecular weight is 695 g/mol. The second-order valence-corrected chi connectivity index (χ2v) is 15.1. The molecule has 0 saturated heterocycles. The van der Waals surface area contributed by atoms with Crippen LogP contribution in [0, 0.1) is 5.92 Å². The predicted octanol–water partition coefficient (Wildman–Crippen LogP) is 4.95. The first kappa shape index (κ1) is 34.1. The maximum Gasteiger partial charge on any atom is 0.407 e. The molecule has 246 valence electrons. The van der Waals surface area contributed by atoms with E-state index in [4.69, 9.17) is 4.74 Å². The third-order valence-electron chi connectivity index (χ3n) is 7.00. The van der Waals surface area contributed by atoms with Crippen molar-refractivity contribution in [2.24, 2.45) is 5.92 Å². The van der Waals surface area contributed by atoms with Crippen LogP contribution in [0.2, 0.25) is 0 Å². The van der Waals surface area contributed by atoms with Gasteiger partial charge in [-0.3, -0.25) is 20.1 Å². The lowest BCUT2D eigenvalue weighted by atomic mass is 10.0. The number of anilines is 1. The van der Waals surface area contributed by atoms with Gasteiger partial charge in [0.1, 0.15) is 6.61 Å². The van der Waals surface area contributed by atoms with Gasteiger partial charge in [0.25, 0.3) is 5.91 Å². The molecule has 0 saturated carbocycles. The summed E-state index contributed by atoms with van der Waals surface area (Å²) in [5.74, 6) is -0.448. The van der Waals surface area contributed by atoms with Crippen molar-refractivity contribution in [2.45, 2.75) is 43.9 Å². The van der Waals surface area contributed by atoms with Gasteiger partial charge in [0.15, 0.2) is 5.13 Å². The monoisotopic (exact) mass is 694 g/mol. The molecule has 0 radical (unpaired) electrons. The zero-order chi connectivity index (χ0) is 33.4. The minimum Gasteiger partial charge on any atom is -0.444 e. The van der Waals surface area contributed by atoms with E-state index in [0.717, 1.165) is 21.8 Å². The molecule has 0 aliphatic carbocycles. The first-order valence-corrected chi connectivity index (χ1v) is 17.9. The Kier molecular flexibility index (Phi) is 11.3. The number of sulfonamides is 1. The van der Waals surface area contributed by atoms with Crippen LogP contribution in [0.4, 0.5) is 9.93 Å². The van der Waals surface area contributed by atoms with Crippen molar-refractivity contribution >= 4 is 60.0 Å². The SMILES string of the molecule is CC(C)CN(C[C@@H](O)[C@H](Cc1ccccc1)NC(=O)OCc1cncs1)S(=O)(=O)c1ccc2nc(NC(=O)c3cccnc3)sc2c1. The van der Waals surface area contributed by atoms with Crippen LogP contribution in [0.1, 0.15) is 34.6 Å². The fourth-order valence-electron chi connectivity index (χ4n) is 4.74. The molecule has 3 N–H and O–H groups in total. The van der Waals surface area contributed by atoms with Gasteiger partial charge in [0, 0.05) is 31.7 Å². The highest BCUT2D eigenvalue weighted by atomic mass is 32.2. The molecule has 0 bridgehead atoms. The predicted molar refractivity (Wildman–Crippen MR) is 181 cm³/mol. The lowest BCUT2D eigenvalue weighted by Gasteiger charge is -2.30. The van der Waals surface area contributed by atoms with Crippen LogP contribution in [-0.2, 0) is 27.8 Å². The van der Waals surface area contributed by atoms with Crippen LogP contribution in [0.15, 0.2) is 89.7 Å². The Hall–Kier alpha value is -4.28. The number of nitrogens with zero attached hydrogens (tertiary/aromatic N) is 4. The number of amides is 2. The number of carbonyl (C=O) groups excluding carboxylic acids is 2. The van der Waals surface area contributed by atoms with E-state index in [0.29, 0.717) is 20.9 Å². The smallest absolute Gasteiger partial charge is 0.407 e. The lowest BCUT2D eigenvalue weighted by molar-refractivity contribution is 0.0876. The number of hydrogen-bond donors (Lipinski definition) is 3. The molecule has 5 aromatic rings. The Morgan fingerprint density at radius 3 is 2.53 bits per heavy atom. The van der Waals surface area contributed by atoms with Gasteiger partial charge in [-0.1, -0.05) is 55.5 Å². The minimum absolute atomic E-state index is 0.0168. The largest absolute Gasteiger partial charge is 0.444 e. The van der Waals surface area contributed by atoms with E-state index in [-0.39, 0.29) is 42.8 Å². The van der Waals surface area contributed by atoms with E-state index in [1.54, 1.807) is 36.1 Å². The summed E-state index contributed by atoms with van der Waals surface area (Å²) in [6.45, 7) is 3.64. The molecule has 2 aromatic carbocycles. The number of aliphatic hydroxyl groups excluding tert-OH is 1. The van der Waals surface area contributed by atoms with Crippen LogP contribution < -0.4 is 10.6 Å². The van der Waals surface area contributed by atoms with Gasteiger partial charge >= 0.3 is 6.09 Å². The van der Waals surface area contributed by atoms with Crippen LogP contribution >= 0.6 is 22.7 Å². The van der Waals surface area contributed by atoms with E-state index in [9.17, 15) is 23.1 Å². The fourth-order valence-corrected chi connectivity index (χ4v) is 7.87. The van der Waals surface area contributed by atoms with E-state index in [2.05, 4.69) is 25.6 Å². The van der Waals surface area contributed by atoms with Crippen LogP contribution in [0.5, 0.6) is 0 Å². The number of aromatic nitrogens is 3. The van der Waals surface area contributed by atoms with Crippen LogP contribution in [0.3, 0.4) is 0 Å². The summed E-state index contributed by atoms with van der Waals surface area (Å²) in [6, 6.07) is 16.3. The topological polar surface area (TPSA) is 164 Å². The van der Waals surface area contributed by atoms with Crippen molar-refractivity contribution in [1.29, 1.82) is 0 Å². The number of aliphatic hydroxyl groups is 1. The summed E-state index contributed by atoms with van der Waals surface area (Å²) < 4.78 is 35.3. The van der Waals surface area contributed by atoms with Crippen LogP contribution in [-0.4, -0.2) is 70.0 Å².